The third-order valence-corrected chi connectivity index (χ3v) is 3.82. The van der Waals surface area contributed by atoms with E-state index in [0.717, 1.165) is 5.56 Å². The summed E-state index contributed by atoms with van der Waals surface area (Å²) in [6.07, 6.45) is 0. The van der Waals surface area contributed by atoms with Crippen LogP contribution in [0.15, 0.2) is 42.5 Å². The Balaban J connectivity index is 1.66. The predicted octanol–water partition coefficient (Wildman–Crippen LogP) is 3.23. The van der Waals surface area contributed by atoms with Crippen LogP contribution in [0.4, 0.5) is 0 Å². The molecule has 132 valence electrons. The van der Waals surface area contributed by atoms with Crippen molar-refractivity contribution in [2.75, 3.05) is 19.7 Å². The zero-order valence-electron chi connectivity index (χ0n) is 13.6. The van der Waals surface area contributed by atoms with E-state index in [1.807, 2.05) is 6.92 Å². The van der Waals surface area contributed by atoms with Gasteiger partial charge in [0, 0.05) is 28.7 Å². The standard InChI is InChI=1S/C18H18Cl2N2O3/c1-12-10-15(20)6-7-16(12)25-11-17(23)21-8-9-22-18(24)13-2-4-14(19)5-3-13/h2-7,10H,8-9,11H2,1H3,(H,21,23)(H,22,24). The normalized spacial score (nSPS) is 10.2. The van der Waals surface area contributed by atoms with Crippen molar-refractivity contribution in [3.05, 3.63) is 63.6 Å². The highest BCUT2D eigenvalue weighted by Crippen LogP contribution is 2.21. The summed E-state index contributed by atoms with van der Waals surface area (Å²) in [4.78, 5) is 23.6. The Morgan fingerprint density at radius 3 is 2.28 bits per heavy atom. The maximum absolute atomic E-state index is 11.9. The molecule has 2 amide bonds. The van der Waals surface area contributed by atoms with Crippen molar-refractivity contribution >= 4 is 35.0 Å². The van der Waals surface area contributed by atoms with Crippen LogP contribution in [0.1, 0.15) is 15.9 Å². The molecule has 2 aromatic rings. The van der Waals surface area contributed by atoms with E-state index in [9.17, 15) is 9.59 Å². The van der Waals surface area contributed by atoms with Crippen LogP contribution in [-0.2, 0) is 4.79 Å². The number of hydrogen-bond acceptors (Lipinski definition) is 3. The largest absolute Gasteiger partial charge is 0.484 e. The fourth-order valence-corrected chi connectivity index (χ4v) is 2.40. The number of amides is 2. The molecule has 0 saturated carbocycles. The van der Waals surface area contributed by atoms with Gasteiger partial charge in [0.05, 0.1) is 0 Å². The molecule has 0 radical (unpaired) electrons. The van der Waals surface area contributed by atoms with Crippen LogP contribution in [0.5, 0.6) is 5.75 Å². The second kappa shape index (κ2) is 9.30. The lowest BCUT2D eigenvalue weighted by Crippen LogP contribution is -2.36. The van der Waals surface area contributed by atoms with E-state index in [1.165, 1.54) is 0 Å². The van der Waals surface area contributed by atoms with Crippen molar-refractivity contribution in [2.45, 2.75) is 6.92 Å². The van der Waals surface area contributed by atoms with Crippen molar-refractivity contribution in [1.82, 2.24) is 10.6 Å². The molecule has 2 aromatic carbocycles. The lowest BCUT2D eigenvalue weighted by Gasteiger charge is -2.10. The highest BCUT2D eigenvalue weighted by Gasteiger charge is 2.07. The van der Waals surface area contributed by atoms with Gasteiger partial charge < -0.3 is 15.4 Å². The Bertz CT molecular complexity index is 748. The van der Waals surface area contributed by atoms with E-state index >= 15 is 0 Å². The summed E-state index contributed by atoms with van der Waals surface area (Å²) < 4.78 is 5.44. The fourth-order valence-electron chi connectivity index (χ4n) is 2.05. The number of halogens is 2. The summed E-state index contributed by atoms with van der Waals surface area (Å²) in [5.74, 6) is 0.115. The van der Waals surface area contributed by atoms with E-state index in [-0.39, 0.29) is 18.4 Å². The molecule has 0 atom stereocenters. The lowest BCUT2D eigenvalue weighted by molar-refractivity contribution is -0.123. The number of carbonyl (C=O) groups is 2. The SMILES string of the molecule is Cc1cc(Cl)ccc1OCC(=O)NCCNC(=O)c1ccc(Cl)cc1. The van der Waals surface area contributed by atoms with Gasteiger partial charge >= 0.3 is 0 Å². The molecule has 0 spiro atoms. The smallest absolute Gasteiger partial charge is 0.258 e. The zero-order valence-corrected chi connectivity index (χ0v) is 15.2. The minimum Gasteiger partial charge on any atom is -0.484 e. The van der Waals surface area contributed by atoms with E-state index in [1.54, 1.807) is 42.5 Å². The van der Waals surface area contributed by atoms with E-state index in [0.29, 0.717) is 34.4 Å². The maximum Gasteiger partial charge on any atom is 0.258 e. The number of nitrogens with one attached hydrogen (secondary N) is 2. The van der Waals surface area contributed by atoms with Gasteiger partial charge in [0.2, 0.25) is 0 Å². The number of rotatable bonds is 7. The van der Waals surface area contributed by atoms with Gasteiger partial charge in [-0.3, -0.25) is 9.59 Å². The second-order valence-electron chi connectivity index (χ2n) is 5.31. The van der Waals surface area contributed by atoms with Crippen LogP contribution in [0.2, 0.25) is 10.0 Å². The summed E-state index contributed by atoms with van der Waals surface area (Å²) in [7, 11) is 0. The second-order valence-corrected chi connectivity index (χ2v) is 6.18. The number of benzene rings is 2. The van der Waals surface area contributed by atoms with Crippen LogP contribution in [0, 0.1) is 6.92 Å². The number of ether oxygens (including phenoxy) is 1. The van der Waals surface area contributed by atoms with E-state index < -0.39 is 0 Å². The summed E-state index contributed by atoms with van der Waals surface area (Å²) in [5, 5.41) is 6.57. The third kappa shape index (κ3) is 6.29. The van der Waals surface area contributed by atoms with Crippen LogP contribution in [-0.4, -0.2) is 31.5 Å². The van der Waals surface area contributed by atoms with Crippen LogP contribution in [0.25, 0.3) is 0 Å². The summed E-state index contributed by atoms with van der Waals surface area (Å²) >= 11 is 11.6. The van der Waals surface area contributed by atoms with Crippen molar-refractivity contribution in [1.29, 1.82) is 0 Å². The quantitative estimate of drug-likeness (QED) is 0.724. The number of carbonyl (C=O) groups excluding carboxylic acids is 2. The first-order valence-corrected chi connectivity index (χ1v) is 8.41. The minimum atomic E-state index is -0.268. The molecule has 0 bridgehead atoms. The first-order valence-electron chi connectivity index (χ1n) is 7.65. The van der Waals surface area contributed by atoms with Gasteiger partial charge in [-0.1, -0.05) is 23.2 Å². The third-order valence-electron chi connectivity index (χ3n) is 3.33. The van der Waals surface area contributed by atoms with E-state index in [2.05, 4.69) is 10.6 Å². The molecule has 25 heavy (non-hydrogen) atoms. The van der Waals surface area contributed by atoms with E-state index in [4.69, 9.17) is 27.9 Å². The Morgan fingerprint density at radius 1 is 0.960 bits per heavy atom. The number of hydrogen-bond donors (Lipinski definition) is 2. The highest BCUT2D eigenvalue weighted by molar-refractivity contribution is 6.31. The van der Waals surface area contributed by atoms with Crippen molar-refractivity contribution in [2.24, 2.45) is 0 Å². The Kier molecular flexibility index (Phi) is 7.10. The van der Waals surface area contributed by atoms with Crippen molar-refractivity contribution in [3.8, 4) is 5.75 Å². The first kappa shape index (κ1) is 19.1. The Labute approximate surface area is 156 Å². The predicted molar refractivity (Wildman–Crippen MR) is 98.5 cm³/mol. The summed E-state index contributed by atoms with van der Waals surface area (Å²) in [6, 6.07) is 11.8. The molecule has 0 unspecified atom stereocenters. The first-order chi connectivity index (χ1) is 12.0. The lowest BCUT2D eigenvalue weighted by atomic mass is 10.2. The molecule has 7 heteroatoms. The monoisotopic (exact) mass is 380 g/mol. The fraction of sp³-hybridized carbons (Fsp3) is 0.222. The Morgan fingerprint density at radius 2 is 1.60 bits per heavy atom. The number of aryl methyl sites for hydroxylation is 1. The van der Waals surface area contributed by atoms with Crippen LogP contribution < -0.4 is 15.4 Å². The molecule has 2 N–H and O–H groups in total. The molecule has 0 aliphatic heterocycles. The molecule has 0 aliphatic carbocycles. The highest BCUT2D eigenvalue weighted by atomic mass is 35.5. The average molecular weight is 381 g/mol. The summed E-state index contributed by atoms with van der Waals surface area (Å²) in [6.45, 7) is 2.37. The maximum atomic E-state index is 11.9. The van der Waals surface area contributed by atoms with Gasteiger partial charge in [-0.25, -0.2) is 0 Å². The molecule has 2 rings (SSSR count). The van der Waals surface area contributed by atoms with Crippen molar-refractivity contribution < 1.29 is 14.3 Å². The molecule has 0 heterocycles. The average Bonchev–Trinajstić information content (AvgIpc) is 2.58. The molecule has 0 aliphatic rings. The molecule has 0 saturated heterocycles. The van der Waals surface area contributed by atoms with Gasteiger partial charge in [-0.05, 0) is 55.0 Å². The van der Waals surface area contributed by atoms with Gasteiger partial charge in [0.1, 0.15) is 5.75 Å². The molecule has 0 fully saturated rings. The minimum absolute atomic E-state index is 0.104. The molecule has 5 nitrogen and oxygen atoms in total. The van der Waals surface area contributed by atoms with Gasteiger partial charge in [0.25, 0.3) is 11.8 Å². The van der Waals surface area contributed by atoms with Gasteiger partial charge in [-0.2, -0.15) is 0 Å². The Hall–Kier alpha value is -2.24. The molecular weight excluding hydrogens is 363 g/mol. The van der Waals surface area contributed by atoms with Gasteiger partial charge in [0.15, 0.2) is 6.61 Å². The van der Waals surface area contributed by atoms with Crippen LogP contribution >= 0.6 is 23.2 Å². The topological polar surface area (TPSA) is 67.4 Å². The van der Waals surface area contributed by atoms with Crippen molar-refractivity contribution in [3.63, 3.8) is 0 Å². The van der Waals surface area contributed by atoms with Crippen LogP contribution in [0.3, 0.4) is 0 Å². The molecular formula is C18H18Cl2N2O3. The summed E-state index contributed by atoms with van der Waals surface area (Å²) in [5.41, 5.74) is 1.37. The zero-order chi connectivity index (χ0) is 18.2. The van der Waals surface area contributed by atoms with Gasteiger partial charge in [-0.15, -0.1) is 0 Å². The molecule has 0 aromatic heterocycles.